The van der Waals surface area contributed by atoms with Crippen molar-refractivity contribution in [3.63, 3.8) is 0 Å². The van der Waals surface area contributed by atoms with Crippen molar-refractivity contribution in [2.45, 2.75) is 19.4 Å². The summed E-state index contributed by atoms with van der Waals surface area (Å²) >= 11 is 0. The first kappa shape index (κ1) is 23.6. The number of likely N-dealkylation sites (N-methyl/N-ethyl adjacent to an activating group) is 1. The molecule has 1 unspecified atom stereocenters. The van der Waals surface area contributed by atoms with Crippen LogP contribution in [0.1, 0.15) is 23.0 Å². The number of nitrogens with one attached hydrogen (secondary N) is 1. The third kappa shape index (κ3) is 5.67. The normalized spacial score (nSPS) is 14.6. The van der Waals surface area contributed by atoms with Crippen LogP contribution in [-0.4, -0.2) is 66.7 Å². The monoisotopic (exact) mass is 462 g/mol. The van der Waals surface area contributed by atoms with Crippen LogP contribution in [0.25, 0.3) is 11.3 Å². The maximum atomic E-state index is 13.2. The molecule has 0 radical (unpaired) electrons. The molecule has 1 saturated heterocycles. The van der Waals surface area contributed by atoms with Crippen molar-refractivity contribution >= 4 is 17.3 Å². The molecule has 0 amide bonds. The Balaban J connectivity index is 1.51. The molecule has 0 bridgehead atoms. The van der Waals surface area contributed by atoms with Gasteiger partial charge in [0.2, 0.25) is 0 Å². The van der Waals surface area contributed by atoms with Crippen LogP contribution in [-0.2, 0) is 11.2 Å². The minimum absolute atomic E-state index is 0.117. The number of rotatable bonds is 9. The number of nitrogens with two attached hydrogens (primary N) is 1. The first-order valence-electron chi connectivity index (χ1n) is 11.4. The molecule has 9 heteroatoms. The molecule has 0 spiro atoms. The zero-order valence-corrected chi connectivity index (χ0v) is 19.5. The molecular formula is C25H30N6O3. The minimum Gasteiger partial charge on any atom is -0.492 e. The summed E-state index contributed by atoms with van der Waals surface area (Å²) in [6.07, 6.45) is 5.18. The van der Waals surface area contributed by atoms with Crippen LogP contribution < -0.4 is 20.7 Å². The molecule has 4 rings (SSSR count). The standard InChI is InChI=1S/C25H30N6O3/c1-17(27-2)16-34-20-5-3-18(4-6-20)21-15-29-25(26)24(30-21)23(32)13-19-14-28-8-7-22(19)31-9-11-33-12-10-31/h3-8,14-15,17,27H,9-13,16H2,1-2H3,(H2,26,29). The molecule has 9 nitrogen and oxygen atoms in total. The van der Waals surface area contributed by atoms with E-state index in [0.29, 0.717) is 25.5 Å². The van der Waals surface area contributed by atoms with E-state index in [9.17, 15) is 4.79 Å². The Kier molecular flexibility index (Phi) is 7.66. The van der Waals surface area contributed by atoms with Gasteiger partial charge >= 0.3 is 0 Å². The molecule has 3 heterocycles. The predicted octanol–water partition coefficient (Wildman–Crippen LogP) is 2.37. The number of hydrogen-bond acceptors (Lipinski definition) is 9. The summed E-state index contributed by atoms with van der Waals surface area (Å²) < 4.78 is 11.2. The number of ether oxygens (including phenoxy) is 2. The van der Waals surface area contributed by atoms with Crippen molar-refractivity contribution < 1.29 is 14.3 Å². The van der Waals surface area contributed by atoms with Crippen molar-refractivity contribution in [3.05, 3.63) is 60.2 Å². The molecule has 34 heavy (non-hydrogen) atoms. The number of hydrogen-bond donors (Lipinski definition) is 2. The topological polar surface area (TPSA) is 115 Å². The fourth-order valence-corrected chi connectivity index (χ4v) is 3.69. The largest absolute Gasteiger partial charge is 0.492 e. The molecule has 0 aliphatic carbocycles. The second kappa shape index (κ2) is 11.0. The number of carbonyl (C=O) groups is 1. The van der Waals surface area contributed by atoms with Crippen molar-refractivity contribution in [2.24, 2.45) is 0 Å². The van der Waals surface area contributed by atoms with Crippen LogP contribution in [0.15, 0.2) is 48.9 Å². The van der Waals surface area contributed by atoms with Crippen molar-refractivity contribution in [3.8, 4) is 17.0 Å². The highest BCUT2D eigenvalue weighted by Crippen LogP contribution is 2.25. The van der Waals surface area contributed by atoms with Crippen molar-refractivity contribution in [2.75, 3.05) is 50.6 Å². The number of aromatic nitrogens is 3. The lowest BCUT2D eigenvalue weighted by molar-refractivity contribution is 0.0988. The Bertz CT molecular complexity index is 1120. The zero-order valence-electron chi connectivity index (χ0n) is 19.5. The third-order valence-electron chi connectivity index (χ3n) is 5.79. The first-order chi connectivity index (χ1) is 16.5. The number of nitrogen functional groups attached to an aromatic ring is 1. The first-order valence-corrected chi connectivity index (χ1v) is 11.4. The molecule has 1 aliphatic heterocycles. The van der Waals surface area contributed by atoms with Crippen LogP contribution in [0.4, 0.5) is 11.5 Å². The van der Waals surface area contributed by atoms with Gasteiger partial charge in [-0.2, -0.15) is 0 Å². The van der Waals surface area contributed by atoms with Gasteiger partial charge < -0.3 is 25.4 Å². The Labute approximate surface area is 199 Å². The molecule has 178 valence electrons. The molecule has 1 aromatic carbocycles. The smallest absolute Gasteiger partial charge is 0.189 e. The highest BCUT2D eigenvalue weighted by atomic mass is 16.5. The maximum Gasteiger partial charge on any atom is 0.189 e. The van der Waals surface area contributed by atoms with E-state index in [1.165, 1.54) is 0 Å². The quantitative estimate of drug-likeness (QED) is 0.462. The summed E-state index contributed by atoms with van der Waals surface area (Å²) in [7, 11) is 1.90. The summed E-state index contributed by atoms with van der Waals surface area (Å²) in [5.41, 5.74) is 9.43. The van der Waals surface area contributed by atoms with Gasteiger partial charge in [0.15, 0.2) is 11.6 Å². The lowest BCUT2D eigenvalue weighted by Gasteiger charge is -2.30. The predicted molar refractivity (Wildman–Crippen MR) is 131 cm³/mol. The van der Waals surface area contributed by atoms with Crippen LogP contribution >= 0.6 is 0 Å². The average molecular weight is 463 g/mol. The highest BCUT2D eigenvalue weighted by Gasteiger charge is 2.20. The average Bonchev–Trinajstić information content (AvgIpc) is 2.88. The van der Waals surface area contributed by atoms with Crippen molar-refractivity contribution in [1.82, 2.24) is 20.3 Å². The van der Waals surface area contributed by atoms with Gasteiger partial charge in [0.25, 0.3) is 0 Å². The number of morpholine rings is 1. The van der Waals surface area contributed by atoms with Crippen LogP contribution in [0, 0.1) is 0 Å². The van der Waals surface area contributed by atoms with Gasteiger partial charge in [0.05, 0.1) is 25.1 Å². The van der Waals surface area contributed by atoms with E-state index in [1.807, 2.05) is 44.3 Å². The van der Waals surface area contributed by atoms with E-state index in [0.717, 1.165) is 35.7 Å². The van der Waals surface area contributed by atoms with Gasteiger partial charge in [-0.25, -0.2) is 9.97 Å². The van der Waals surface area contributed by atoms with Gasteiger partial charge in [0.1, 0.15) is 18.1 Å². The summed E-state index contributed by atoms with van der Waals surface area (Å²) in [5.74, 6) is 0.680. The number of benzene rings is 1. The molecule has 0 saturated carbocycles. The summed E-state index contributed by atoms with van der Waals surface area (Å²) in [4.78, 5) is 28.4. The molecule has 1 fully saturated rings. The van der Waals surface area contributed by atoms with Crippen LogP contribution in [0.3, 0.4) is 0 Å². The van der Waals surface area contributed by atoms with E-state index in [4.69, 9.17) is 15.2 Å². The Morgan fingerprint density at radius 2 is 1.97 bits per heavy atom. The van der Waals surface area contributed by atoms with Gasteiger partial charge in [-0.1, -0.05) is 0 Å². The van der Waals surface area contributed by atoms with Crippen LogP contribution in [0.2, 0.25) is 0 Å². The van der Waals surface area contributed by atoms with E-state index >= 15 is 0 Å². The SMILES string of the molecule is CNC(C)COc1ccc(-c2cnc(N)c(C(=O)Cc3cnccc3N3CCOCC3)n2)cc1. The van der Waals surface area contributed by atoms with Crippen molar-refractivity contribution in [1.29, 1.82) is 0 Å². The molecule has 1 aliphatic rings. The molecule has 3 aromatic rings. The third-order valence-corrected chi connectivity index (χ3v) is 5.79. The number of anilines is 2. The fourth-order valence-electron chi connectivity index (χ4n) is 3.69. The van der Waals surface area contributed by atoms with Gasteiger partial charge in [0, 0.05) is 54.8 Å². The molecule has 3 N–H and O–H groups in total. The number of ketones is 1. The Morgan fingerprint density at radius 1 is 1.21 bits per heavy atom. The maximum absolute atomic E-state index is 13.2. The lowest BCUT2D eigenvalue weighted by Crippen LogP contribution is -2.37. The molecule has 1 atom stereocenters. The second-order valence-corrected chi connectivity index (χ2v) is 8.22. The van der Waals surface area contributed by atoms with E-state index in [1.54, 1.807) is 18.6 Å². The number of pyridine rings is 1. The summed E-state index contributed by atoms with van der Waals surface area (Å²) in [6, 6.07) is 9.72. The minimum atomic E-state index is -0.199. The van der Waals surface area contributed by atoms with E-state index in [2.05, 4.69) is 25.2 Å². The van der Waals surface area contributed by atoms with Crippen LogP contribution in [0.5, 0.6) is 5.75 Å². The summed E-state index contributed by atoms with van der Waals surface area (Å²) in [6.45, 7) is 5.48. The van der Waals surface area contributed by atoms with Gasteiger partial charge in [-0.3, -0.25) is 9.78 Å². The van der Waals surface area contributed by atoms with E-state index < -0.39 is 0 Å². The number of Topliss-reactive ketones (excluding diaryl/α,β-unsaturated/α-hetero) is 1. The molecule has 2 aromatic heterocycles. The lowest BCUT2D eigenvalue weighted by atomic mass is 10.1. The number of carbonyl (C=O) groups excluding carboxylic acids is 1. The van der Waals surface area contributed by atoms with E-state index in [-0.39, 0.29) is 29.8 Å². The Hall–Kier alpha value is -3.56. The fraction of sp³-hybridized carbons (Fsp3) is 0.360. The van der Waals surface area contributed by atoms with Gasteiger partial charge in [-0.15, -0.1) is 0 Å². The van der Waals surface area contributed by atoms with Gasteiger partial charge in [-0.05, 0) is 44.3 Å². The zero-order chi connectivity index (χ0) is 23.9. The number of nitrogens with zero attached hydrogens (tertiary/aromatic N) is 4. The highest BCUT2D eigenvalue weighted by molar-refractivity contribution is 6.00. The molecular weight excluding hydrogens is 432 g/mol. The Morgan fingerprint density at radius 3 is 2.71 bits per heavy atom. The second-order valence-electron chi connectivity index (χ2n) is 8.22. The summed E-state index contributed by atoms with van der Waals surface area (Å²) in [5, 5.41) is 3.13.